The Kier molecular flexibility index (Phi) is 7.91. The summed E-state index contributed by atoms with van der Waals surface area (Å²) in [5, 5.41) is 15.6. The van der Waals surface area contributed by atoms with E-state index in [1.807, 2.05) is 30.3 Å². The molecule has 7 heteroatoms. The normalized spacial score (nSPS) is 12.1. The van der Waals surface area contributed by atoms with Crippen LogP contribution in [-0.4, -0.2) is 36.2 Å². The monoisotopic (exact) mass is 349 g/mol. The van der Waals surface area contributed by atoms with E-state index in [0.29, 0.717) is 6.42 Å². The van der Waals surface area contributed by atoms with Crippen LogP contribution in [0.5, 0.6) is 0 Å². The van der Waals surface area contributed by atoms with Crippen LogP contribution in [-0.2, 0) is 20.7 Å². The van der Waals surface area contributed by atoms with Gasteiger partial charge in [0.1, 0.15) is 11.6 Å². The summed E-state index contributed by atoms with van der Waals surface area (Å²) in [6, 6.07) is 8.44. The van der Waals surface area contributed by atoms with E-state index in [-0.39, 0.29) is 19.4 Å². The van der Waals surface area contributed by atoms with Gasteiger partial charge in [-0.2, -0.15) is 0 Å². The molecule has 2 amide bonds. The molecule has 0 saturated heterocycles. The molecule has 0 aliphatic carbocycles. The molecule has 0 bridgehead atoms. The Labute approximate surface area is 147 Å². The first-order chi connectivity index (χ1) is 11.7. The van der Waals surface area contributed by atoms with Crippen molar-refractivity contribution in [3.63, 3.8) is 0 Å². The summed E-state index contributed by atoms with van der Waals surface area (Å²) in [6.07, 6.45) is -0.257. The Morgan fingerprint density at radius 3 is 2.36 bits per heavy atom. The van der Waals surface area contributed by atoms with Crippen LogP contribution < -0.4 is 15.7 Å². The first-order valence-corrected chi connectivity index (χ1v) is 8.18. The molecule has 0 heterocycles. The summed E-state index contributed by atoms with van der Waals surface area (Å²) < 4.78 is 5.20. The molecule has 7 nitrogen and oxygen atoms in total. The Morgan fingerprint density at radius 2 is 1.80 bits per heavy atom. The maximum absolute atomic E-state index is 12.3. The van der Waals surface area contributed by atoms with Crippen molar-refractivity contribution < 1.29 is 24.2 Å². The van der Waals surface area contributed by atoms with Crippen molar-refractivity contribution in [3.05, 3.63) is 35.9 Å². The molecule has 0 radical (unpaired) electrons. The summed E-state index contributed by atoms with van der Waals surface area (Å²) >= 11 is 0. The lowest BCUT2D eigenvalue weighted by Crippen LogP contribution is -2.49. The van der Waals surface area contributed by atoms with Gasteiger partial charge in [-0.05, 0) is 39.2 Å². The number of hydrogen-bond acceptors (Lipinski definition) is 5. The number of carbonyl (C=O) groups is 3. The second kappa shape index (κ2) is 9.66. The van der Waals surface area contributed by atoms with E-state index in [1.165, 1.54) is 0 Å². The molecule has 25 heavy (non-hydrogen) atoms. The zero-order valence-corrected chi connectivity index (χ0v) is 14.8. The zero-order chi connectivity index (χ0) is 18.9. The number of aliphatic carboxylic acids is 1. The summed E-state index contributed by atoms with van der Waals surface area (Å²) in [5.74, 6) is -1.56. The fourth-order valence-corrected chi connectivity index (χ4v) is 2.08. The average Bonchev–Trinajstić information content (AvgIpc) is 2.49. The number of benzene rings is 1. The van der Waals surface area contributed by atoms with Crippen molar-refractivity contribution >= 4 is 18.0 Å². The topological polar surface area (TPSA) is 108 Å². The highest BCUT2D eigenvalue weighted by molar-refractivity contribution is 5.86. The maximum Gasteiger partial charge on any atom is 0.408 e. The van der Waals surface area contributed by atoms with Crippen LogP contribution in [0.15, 0.2) is 30.3 Å². The van der Waals surface area contributed by atoms with E-state index < -0.39 is 29.6 Å². The lowest BCUT2D eigenvalue weighted by Gasteiger charge is -2.23. The molecule has 0 spiro atoms. The fraction of sp³-hybridized carbons (Fsp3) is 0.500. The van der Waals surface area contributed by atoms with E-state index in [2.05, 4.69) is 10.6 Å². The number of alkyl carbamates (subject to hydrolysis) is 1. The van der Waals surface area contributed by atoms with Crippen LogP contribution in [0.4, 0.5) is 4.79 Å². The minimum absolute atomic E-state index is 0.136. The molecule has 1 rings (SSSR count). The van der Waals surface area contributed by atoms with Crippen LogP contribution >= 0.6 is 0 Å². The average molecular weight is 349 g/mol. The van der Waals surface area contributed by atoms with Gasteiger partial charge in [0.2, 0.25) is 5.91 Å². The van der Waals surface area contributed by atoms with Crippen molar-refractivity contribution in [2.24, 2.45) is 0 Å². The predicted octanol–water partition coefficient (Wildman–Crippen LogP) is 0.769. The van der Waals surface area contributed by atoms with Crippen LogP contribution in [0.3, 0.4) is 0 Å². The van der Waals surface area contributed by atoms with Crippen molar-refractivity contribution in [1.29, 1.82) is 0 Å². The van der Waals surface area contributed by atoms with Crippen LogP contribution in [0.2, 0.25) is 0 Å². The predicted molar refractivity (Wildman–Crippen MR) is 90.6 cm³/mol. The van der Waals surface area contributed by atoms with E-state index >= 15 is 0 Å². The van der Waals surface area contributed by atoms with Crippen molar-refractivity contribution in [3.8, 4) is 0 Å². The number of rotatable bonds is 8. The molecule has 0 aliphatic heterocycles. The van der Waals surface area contributed by atoms with E-state index in [4.69, 9.17) is 4.74 Å². The lowest BCUT2D eigenvalue weighted by atomic mass is 10.1. The van der Waals surface area contributed by atoms with Gasteiger partial charge in [-0.3, -0.25) is 4.79 Å². The maximum atomic E-state index is 12.3. The number of nitrogens with one attached hydrogen (secondary N) is 2. The molecule has 2 N–H and O–H groups in total. The molecule has 0 fully saturated rings. The minimum atomic E-state index is -1.16. The highest BCUT2D eigenvalue weighted by Crippen LogP contribution is 2.08. The molecule has 0 aromatic heterocycles. The molecule has 138 valence electrons. The first-order valence-electron chi connectivity index (χ1n) is 8.18. The second-order valence-corrected chi connectivity index (χ2v) is 6.66. The molecular weight excluding hydrogens is 324 g/mol. The molecule has 1 aromatic carbocycles. The van der Waals surface area contributed by atoms with Gasteiger partial charge in [0, 0.05) is 18.9 Å². The van der Waals surface area contributed by atoms with Crippen molar-refractivity contribution in [2.75, 3.05) is 6.54 Å². The third-order valence-electron chi connectivity index (χ3n) is 3.15. The molecule has 0 unspecified atom stereocenters. The number of ether oxygens (including phenoxy) is 1. The molecule has 1 aromatic rings. The smallest absolute Gasteiger partial charge is 0.408 e. The highest BCUT2D eigenvalue weighted by Gasteiger charge is 2.24. The van der Waals surface area contributed by atoms with Crippen LogP contribution in [0, 0.1) is 0 Å². The Hall–Kier alpha value is -2.57. The summed E-state index contributed by atoms with van der Waals surface area (Å²) in [4.78, 5) is 34.7. The number of hydrogen-bond donors (Lipinski definition) is 2. The molecule has 0 saturated carbocycles. The van der Waals surface area contributed by atoms with Gasteiger partial charge in [0.05, 0.1) is 0 Å². The Balaban J connectivity index is 2.68. The van der Waals surface area contributed by atoms with Gasteiger partial charge in [0.25, 0.3) is 0 Å². The summed E-state index contributed by atoms with van der Waals surface area (Å²) in [5.41, 5.74) is 0.209. The Morgan fingerprint density at radius 1 is 1.16 bits per heavy atom. The van der Waals surface area contributed by atoms with Gasteiger partial charge < -0.3 is 25.3 Å². The van der Waals surface area contributed by atoms with Gasteiger partial charge in [-0.25, -0.2) is 4.79 Å². The molecule has 0 aliphatic rings. The second-order valence-electron chi connectivity index (χ2n) is 6.66. The minimum Gasteiger partial charge on any atom is -0.550 e. The van der Waals surface area contributed by atoms with Gasteiger partial charge in [0.15, 0.2) is 0 Å². The van der Waals surface area contributed by atoms with Crippen molar-refractivity contribution in [2.45, 2.75) is 51.7 Å². The quantitative estimate of drug-likeness (QED) is 0.674. The van der Waals surface area contributed by atoms with Crippen molar-refractivity contribution in [1.82, 2.24) is 10.6 Å². The summed E-state index contributed by atoms with van der Waals surface area (Å²) in [6.45, 7) is 5.39. The van der Waals surface area contributed by atoms with E-state index in [1.54, 1.807) is 20.8 Å². The van der Waals surface area contributed by atoms with Gasteiger partial charge in [-0.15, -0.1) is 0 Å². The fourth-order valence-electron chi connectivity index (χ4n) is 2.08. The zero-order valence-electron chi connectivity index (χ0n) is 14.8. The van der Waals surface area contributed by atoms with Gasteiger partial charge in [-0.1, -0.05) is 30.3 Å². The first kappa shape index (κ1) is 20.5. The number of amides is 2. The Bertz CT molecular complexity index is 581. The molecule has 1 atom stereocenters. The largest absolute Gasteiger partial charge is 0.550 e. The van der Waals surface area contributed by atoms with E-state index in [0.717, 1.165) is 5.56 Å². The molecular formula is C18H25N2O5-. The van der Waals surface area contributed by atoms with Crippen LogP contribution in [0.1, 0.15) is 39.2 Å². The number of carbonyl (C=O) groups excluding carboxylic acids is 3. The number of carboxylic acid groups (broad SMARTS) is 1. The van der Waals surface area contributed by atoms with Crippen LogP contribution in [0.25, 0.3) is 0 Å². The highest BCUT2D eigenvalue weighted by atomic mass is 16.6. The van der Waals surface area contributed by atoms with E-state index in [9.17, 15) is 19.5 Å². The third kappa shape index (κ3) is 9.34. The lowest BCUT2D eigenvalue weighted by molar-refractivity contribution is -0.305. The SMILES string of the molecule is CC(C)(C)OC(=O)N[C@H](Cc1ccccc1)C(=O)NCCCC(=O)[O-]. The summed E-state index contributed by atoms with van der Waals surface area (Å²) in [7, 11) is 0. The number of carboxylic acids is 1. The third-order valence-corrected chi connectivity index (χ3v) is 3.15. The van der Waals surface area contributed by atoms with Gasteiger partial charge >= 0.3 is 6.09 Å². The standard InChI is InChI=1S/C18H26N2O5/c1-18(2,3)25-17(24)20-14(12-13-8-5-4-6-9-13)16(23)19-11-7-10-15(21)22/h4-6,8-9,14H,7,10-12H2,1-3H3,(H,19,23)(H,20,24)(H,21,22)/p-1/t14-/m1/s1.